The minimum Gasteiger partial charge on any atom is -0.303 e. The van der Waals surface area contributed by atoms with E-state index in [0.717, 1.165) is 6.29 Å². The van der Waals surface area contributed by atoms with Crippen molar-refractivity contribution in [1.29, 1.82) is 0 Å². The second-order valence-electron chi connectivity index (χ2n) is 4.15. The van der Waals surface area contributed by atoms with Gasteiger partial charge >= 0.3 is 0 Å². The molecule has 0 saturated heterocycles. The molecule has 0 aromatic carbocycles. The van der Waals surface area contributed by atoms with E-state index in [2.05, 4.69) is 27.7 Å². The predicted molar refractivity (Wildman–Crippen MR) is 43.8 cm³/mol. The normalized spacial score (nSPS) is 18.1. The Morgan fingerprint density at radius 2 is 1.60 bits per heavy atom. The molecule has 60 valence electrons. The van der Waals surface area contributed by atoms with Crippen LogP contribution in [0, 0.1) is 17.3 Å². The van der Waals surface area contributed by atoms with E-state index >= 15 is 0 Å². The van der Waals surface area contributed by atoms with Crippen LogP contribution in [-0.2, 0) is 4.79 Å². The lowest BCUT2D eigenvalue weighted by Crippen LogP contribution is -2.24. The average molecular weight is 142 g/mol. The van der Waals surface area contributed by atoms with Crippen LogP contribution in [0.15, 0.2) is 0 Å². The lowest BCUT2D eigenvalue weighted by atomic mass is 9.75. The molecule has 0 radical (unpaired) electrons. The Balaban J connectivity index is 4.07. The van der Waals surface area contributed by atoms with Gasteiger partial charge in [0.05, 0.1) is 0 Å². The summed E-state index contributed by atoms with van der Waals surface area (Å²) in [6.07, 6.45) is 1.04. The van der Waals surface area contributed by atoms with Gasteiger partial charge in [0, 0.05) is 5.92 Å². The van der Waals surface area contributed by atoms with Crippen LogP contribution in [0.1, 0.15) is 34.6 Å². The minimum atomic E-state index is 0.181. The summed E-state index contributed by atoms with van der Waals surface area (Å²) < 4.78 is 0. The second kappa shape index (κ2) is 3.18. The van der Waals surface area contributed by atoms with Gasteiger partial charge in [-0.2, -0.15) is 0 Å². The van der Waals surface area contributed by atoms with Crippen LogP contribution in [-0.4, -0.2) is 6.29 Å². The van der Waals surface area contributed by atoms with Gasteiger partial charge in [0.1, 0.15) is 6.29 Å². The predicted octanol–water partition coefficient (Wildman–Crippen LogP) is 2.50. The number of rotatable bonds is 2. The quantitative estimate of drug-likeness (QED) is 0.541. The Morgan fingerprint density at radius 3 is 1.70 bits per heavy atom. The zero-order valence-electron chi connectivity index (χ0n) is 7.64. The van der Waals surface area contributed by atoms with Crippen molar-refractivity contribution in [3.8, 4) is 0 Å². The Hall–Kier alpha value is -0.330. The first-order valence-electron chi connectivity index (χ1n) is 3.85. The van der Waals surface area contributed by atoms with Gasteiger partial charge in [-0.1, -0.05) is 34.6 Å². The van der Waals surface area contributed by atoms with E-state index in [-0.39, 0.29) is 11.3 Å². The molecular formula is C9H18O. The zero-order chi connectivity index (χ0) is 8.36. The van der Waals surface area contributed by atoms with Crippen LogP contribution < -0.4 is 0 Å². The van der Waals surface area contributed by atoms with Crippen LogP contribution in [0.4, 0.5) is 0 Å². The zero-order valence-corrected chi connectivity index (χ0v) is 7.64. The van der Waals surface area contributed by atoms with Crippen molar-refractivity contribution in [3.63, 3.8) is 0 Å². The van der Waals surface area contributed by atoms with E-state index in [9.17, 15) is 4.79 Å². The molecular weight excluding hydrogens is 124 g/mol. The largest absolute Gasteiger partial charge is 0.303 e. The summed E-state index contributed by atoms with van der Waals surface area (Å²) in [5.74, 6) is 0.644. The molecule has 0 heterocycles. The van der Waals surface area contributed by atoms with Crippen LogP contribution in [0.3, 0.4) is 0 Å². The van der Waals surface area contributed by atoms with E-state index in [1.807, 2.05) is 6.92 Å². The molecule has 1 nitrogen and oxygen atoms in total. The highest BCUT2D eigenvalue weighted by atomic mass is 16.1. The molecule has 0 bridgehead atoms. The molecule has 2 atom stereocenters. The fourth-order valence-electron chi connectivity index (χ4n) is 0.907. The van der Waals surface area contributed by atoms with E-state index in [0.29, 0.717) is 5.92 Å². The smallest absolute Gasteiger partial charge is 0.123 e. The molecule has 0 saturated carbocycles. The van der Waals surface area contributed by atoms with Crippen molar-refractivity contribution in [2.45, 2.75) is 34.6 Å². The standard InChI is InChI=1S/C9H18O/c1-7(6-10)8(2)9(3,4)5/h6-8H,1-5H3. The summed E-state index contributed by atoms with van der Waals surface area (Å²) in [7, 11) is 0. The van der Waals surface area contributed by atoms with Gasteiger partial charge < -0.3 is 4.79 Å². The summed E-state index contributed by atoms with van der Waals surface area (Å²) in [5, 5.41) is 0. The SMILES string of the molecule is CC(C=O)C(C)C(C)(C)C. The van der Waals surface area contributed by atoms with Gasteiger partial charge in [-0.25, -0.2) is 0 Å². The Morgan fingerprint density at radius 1 is 1.20 bits per heavy atom. The topological polar surface area (TPSA) is 17.1 Å². The molecule has 0 amide bonds. The lowest BCUT2D eigenvalue weighted by molar-refractivity contribution is -0.113. The number of hydrogen-bond donors (Lipinski definition) is 0. The van der Waals surface area contributed by atoms with Crippen LogP contribution in [0.25, 0.3) is 0 Å². The Kier molecular flexibility index (Phi) is 3.07. The first kappa shape index (κ1) is 9.67. The molecule has 0 aromatic heterocycles. The average Bonchev–Trinajstić information content (AvgIpc) is 1.83. The highest BCUT2D eigenvalue weighted by Gasteiger charge is 2.24. The monoisotopic (exact) mass is 142 g/mol. The number of carbonyl (C=O) groups excluding carboxylic acids is 1. The molecule has 0 rings (SSSR count). The van der Waals surface area contributed by atoms with Gasteiger partial charge in [-0.05, 0) is 11.3 Å². The van der Waals surface area contributed by atoms with Crippen molar-refractivity contribution in [1.82, 2.24) is 0 Å². The summed E-state index contributed by atoms with van der Waals surface area (Å²) in [6, 6.07) is 0. The minimum absolute atomic E-state index is 0.181. The molecule has 2 unspecified atom stereocenters. The fraction of sp³-hybridized carbons (Fsp3) is 0.889. The van der Waals surface area contributed by atoms with Gasteiger partial charge in [-0.15, -0.1) is 0 Å². The first-order valence-corrected chi connectivity index (χ1v) is 3.85. The number of hydrogen-bond acceptors (Lipinski definition) is 1. The third kappa shape index (κ3) is 2.51. The lowest BCUT2D eigenvalue weighted by Gasteiger charge is -2.29. The van der Waals surface area contributed by atoms with Gasteiger partial charge in [0.15, 0.2) is 0 Å². The molecule has 0 N–H and O–H groups in total. The highest BCUT2D eigenvalue weighted by Crippen LogP contribution is 2.30. The third-order valence-electron chi connectivity index (χ3n) is 2.37. The molecule has 0 aliphatic carbocycles. The molecule has 10 heavy (non-hydrogen) atoms. The van der Waals surface area contributed by atoms with Gasteiger partial charge in [-0.3, -0.25) is 0 Å². The fourth-order valence-corrected chi connectivity index (χ4v) is 0.907. The molecule has 0 aromatic rings. The first-order chi connectivity index (χ1) is 4.39. The maximum absolute atomic E-state index is 10.4. The third-order valence-corrected chi connectivity index (χ3v) is 2.37. The maximum Gasteiger partial charge on any atom is 0.123 e. The Bertz CT molecular complexity index is 110. The van der Waals surface area contributed by atoms with Crippen molar-refractivity contribution in [2.24, 2.45) is 17.3 Å². The summed E-state index contributed by atoms with van der Waals surface area (Å²) in [4.78, 5) is 10.4. The molecule has 0 fully saturated rings. The molecule has 1 heteroatoms. The molecule has 0 aliphatic heterocycles. The summed E-state index contributed by atoms with van der Waals surface area (Å²) in [5.41, 5.74) is 0.250. The molecule has 0 spiro atoms. The van der Waals surface area contributed by atoms with Crippen LogP contribution >= 0.6 is 0 Å². The van der Waals surface area contributed by atoms with Crippen LogP contribution in [0.2, 0.25) is 0 Å². The maximum atomic E-state index is 10.4. The molecule has 0 aliphatic rings. The Labute approximate surface area is 63.8 Å². The second-order valence-corrected chi connectivity index (χ2v) is 4.15. The number of carbonyl (C=O) groups is 1. The van der Waals surface area contributed by atoms with E-state index in [1.165, 1.54) is 0 Å². The van der Waals surface area contributed by atoms with Crippen LogP contribution in [0.5, 0.6) is 0 Å². The number of aldehydes is 1. The van der Waals surface area contributed by atoms with E-state index in [1.54, 1.807) is 0 Å². The van der Waals surface area contributed by atoms with Gasteiger partial charge in [0.25, 0.3) is 0 Å². The van der Waals surface area contributed by atoms with Gasteiger partial charge in [0.2, 0.25) is 0 Å². The summed E-state index contributed by atoms with van der Waals surface area (Å²) in [6.45, 7) is 10.6. The summed E-state index contributed by atoms with van der Waals surface area (Å²) >= 11 is 0. The van der Waals surface area contributed by atoms with Crippen molar-refractivity contribution >= 4 is 6.29 Å². The van der Waals surface area contributed by atoms with E-state index < -0.39 is 0 Å². The van der Waals surface area contributed by atoms with E-state index in [4.69, 9.17) is 0 Å². The van der Waals surface area contributed by atoms with Crippen molar-refractivity contribution in [2.75, 3.05) is 0 Å². The highest BCUT2D eigenvalue weighted by molar-refractivity contribution is 5.53. The van der Waals surface area contributed by atoms with Crippen molar-refractivity contribution < 1.29 is 4.79 Å². The van der Waals surface area contributed by atoms with Crippen molar-refractivity contribution in [3.05, 3.63) is 0 Å².